The molecule has 0 aliphatic carbocycles. The van der Waals surface area contributed by atoms with E-state index in [0.717, 1.165) is 0 Å². The number of ether oxygens (including phenoxy) is 1. The SMILES string of the molecule is CCN(C(C)C)S(=O)(=O)c1ccc(OC(=O)c2ccc(N=C(N)N)cc2)cc1. The van der Waals surface area contributed by atoms with Crippen LogP contribution in [-0.2, 0) is 10.0 Å². The van der Waals surface area contributed by atoms with E-state index in [-0.39, 0.29) is 22.6 Å². The summed E-state index contributed by atoms with van der Waals surface area (Å²) in [5.74, 6) is -0.418. The van der Waals surface area contributed by atoms with Crippen LogP contribution in [0.15, 0.2) is 58.4 Å². The zero-order chi connectivity index (χ0) is 20.9. The highest BCUT2D eigenvalue weighted by molar-refractivity contribution is 7.89. The molecule has 0 aromatic heterocycles. The molecule has 2 rings (SSSR count). The Balaban J connectivity index is 2.14. The van der Waals surface area contributed by atoms with Gasteiger partial charge in [-0.3, -0.25) is 0 Å². The maximum absolute atomic E-state index is 12.7. The highest BCUT2D eigenvalue weighted by Crippen LogP contribution is 2.22. The largest absolute Gasteiger partial charge is 0.423 e. The highest BCUT2D eigenvalue weighted by atomic mass is 32.2. The number of carbonyl (C=O) groups excluding carboxylic acids is 1. The first-order valence-corrected chi connectivity index (χ1v) is 10.1. The third-order valence-electron chi connectivity index (χ3n) is 3.89. The lowest BCUT2D eigenvalue weighted by Gasteiger charge is -2.24. The molecule has 0 radical (unpaired) electrons. The van der Waals surface area contributed by atoms with Gasteiger partial charge in [0.25, 0.3) is 0 Å². The minimum absolute atomic E-state index is 0.0792. The molecular formula is C19H24N4O4S. The van der Waals surface area contributed by atoms with Gasteiger partial charge in [-0.15, -0.1) is 0 Å². The Morgan fingerprint density at radius 1 is 1.07 bits per heavy atom. The van der Waals surface area contributed by atoms with Crippen molar-refractivity contribution in [2.24, 2.45) is 16.5 Å². The van der Waals surface area contributed by atoms with Crippen molar-refractivity contribution >= 4 is 27.6 Å². The minimum atomic E-state index is -3.60. The highest BCUT2D eigenvalue weighted by Gasteiger charge is 2.25. The molecule has 0 spiro atoms. The minimum Gasteiger partial charge on any atom is -0.423 e. The van der Waals surface area contributed by atoms with Crippen LogP contribution in [0, 0.1) is 0 Å². The van der Waals surface area contributed by atoms with Gasteiger partial charge in [0.1, 0.15) is 5.75 Å². The van der Waals surface area contributed by atoms with Crippen LogP contribution in [0.25, 0.3) is 0 Å². The van der Waals surface area contributed by atoms with Crippen LogP contribution in [0.4, 0.5) is 5.69 Å². The molecule has 0 aliphatic rings. The van der Waals surface area contributed by atoms with Gasteiger partial charge >= 0.3 is 5.97 Å². The van der Waals surface area contributed by atoms with E-state index in [1.807, 2.05) is 13.8 Å². The molecule has 0 unspecified atom stereocenters. The smallest absolute Gasteiger partial charge is 0.343 e. The van der Waals surface area contributed by atoms with E-state index >= 15 is 0 Å². The van der Waals surface area contributed by atoms with Crippen molar-refractivity contribution in [1.29, 1.82) is 0 Å². The second-order valence-electron chi connectivity index (χ2n) is 6.25. The van der Waals surface area contributed by atoms with E-state index in [4.69, 9.17) is 16.2 Å². The van der Waals surface area contributed by atoms with Crippen molar-refractivity contribution in [3.63, 3.8) is 0 Å². The van der Waals surface area contributed by atoms with Crippen molar-refractivity contribution in [1.82, 2.24) is 4.31 Å². The lowest BCUT2D eigenvalue weighted by atomic mass is 10.2. The van der Waals surface area contributed by atoms with Crippen molar-refractivity contribution in [3.05, 3.63) is 54.1 Å². The summed E-state index contributed by atoms with van der Waals surface area (Å²) in [6.07, 6.45) is 0. The summed E-state index contributed by atoms with van der Waals surface area (Å²) in [7, 11) is -3.60. The van der Waals surface area contributed by atoms with Crippen LogP contribution in [-0.4, -0.2) is 37.2 Å². The fourth-order valence-electron chi connectivity index (χ4n) is 2.61. The topological polar surface area (TPSA) is 128 Å². The number of carbonyl (C=O) groups is 1. The van der Waals surface area contributed by atoms with Crippen molar-refractivity contribution in [3.8, 4) is 5.75 Å². The average molecular weight is 404 g/mol. The molecule has 0 atom stereocenters. The number of guanidine groups is 1. The van der Waals surface area contributed by atoms with E-state index in [9.17, 15) is 13.2 Å². The monoisotopic (exact) mass is 404 g/mol. The van der Waals surface area contributed by atoms with Gasteiger partial charge in [-0.2, -0.15) is 4.31 Å². The zero-order valence-corrected chi connectivity index (χ0v) is 16.8. The molecule has 9 heteroatoms. The third kappa shape index (κ3) is 5.08. The second-order valence-corrected chi connectivity index (χ2v) is 8.14. The molecule has 0 bridgehead atoms. The van der Waals surface area contributed by atoms with Gasteiger partial charge in [0.2, 0.25) is 10.0 Å². The summed E-state index contributed by atoms with van der Waals surface area (Å²) in [6, 6.07) is 11.8. The van der Waals surface area contributed by atoms with Crippen LogP contribution in [0.1, 0.15) is 31.1 Å². The normalized spacial score (nSPS) is 11.5. The number of hydrogen-bond acceptors (Lipinski definition) is 5. The van der Waals surface area contributed by atoms with Gasteiger partial charge in [-0.25, -0.2) is 18.2 Å². The number of sulfonamides is 1. The first-order valence-electron chi connectivity index (χ1n) is 8.69. The first-order chi connectivity index (χ1) is 13.1. The Labute approximate surface area is 164 Å². The fourth-order valence-corrected chi connectivity index (χ4v) is 4.26. The Bertz CT molecular complexity index is 948. The van der Waals surface area contributed by atoms with Crippen LogP contribution < -0.4 is 16.2 Å². The van der Waals surface area contributed by atoms with Gasteiger partial charge in [-0.05, 0) is 62.4 Å². The number of hydrogen-bond donors (Lipinski definition) is 2. The van der Waals surface area contributed by atoms with E-state index in [0.29, 0.717) is 17.8 Å². The maximum Gasteiger partial charge on any atom is 0.343 e. The lowest BCUT2D eigenvalue weighted by Crippen LogP contribution is -2.36. The molecule has 28 heavy (non-hydrogen) atoms. The van der Waals surface area contributed by atoms with Crippen LogP contribution >= 0.6 is 0 Å². The first kappa shape index (κ1) is 21.4. The number of esters is 1. The fraction of sp³-hybridized carbons (Fsp3) is 0.263. The number of aliphatic imine (C=N–C) groups is 1. The van der Waals surface area contributed by atoms with Gasteiger partial charge in [0.15, 0.2) is 5.96 Å². The molecule has 2 aromatic rings. The summed E-state index contributed by atoms with van der Waals surface area (Å²) in [4.78, 5) is 16.3. The molecule has 2 aromatic carbocycles. The predicted octanol–water partition coefficient (Wildman–Crippen LogP) is 2.23. The van der Waals surface area contributed by atoms with E-state index in [1.54, 1.807) is 19.1 Å². The maximum atomic E-state index is 12.7. The van der Waals surface area contributed by atoms with Gasteiger partial charge < -0.3 is 16.2 Å². The van der Waals surface area contributed by atoms with Crippen LogP contribution in [0.2, 0.25) is 0 Å². The lowest BCUT2D eigenvalue weighted by molar-refractivity contribution is 0.0734. The van der Waals surface area contributed by atoms with E-state index in [2.05, 4.69) is 4.99 Å². The summed E-state index contributed by atoms with van der Waals surface area (Å²) < 4.78 is 32.0. The number of benzene rings is 2. The van der Waals surface area contributed by atoms with E-state index in [1.165, 1.54) is 40.7 Å². The van der Waals surface area contributed by atoms with Crippen LogP contribution in [0.5, 0.6) is 5.75 Å². The standard InChI is InChI=1S/C19H24N4O4S/c1-4-23(13(2)3)28(25,26)17-11-9-16(10-12-17)27-18(24)14-5-7-15(8-6-14)22-19(20)21/h5-13H,4H2,1-3H3,(H4,20,21,22). The third-order valence-corrected chi connectivity index (χ3v) is 6.05. The molecule has 0 saturated carbocycles. The van der Waals surface area contributed by atoms with Gasteiger partial charge in [0, 0.05) is 12.6 Å². The second kappa shape index (κ2) is 8.85. The van der Waals surface area contributed by atoms with Crippen molar-refractivity contribution < 1.29 is 17.9 Å². The van der Waals surface area contributed by atoms with Crippen molar-refractivity contribution in [2.45, 2.75) is 31.7 Å². The molecule has 0 fully saturated rings. The van der Waals surface area contributed by atoms with E-state index < -0.39 is 16.0 Å². The Morgan fingerprint density at radius 2 is 1.64 bits per heavy atom. The molecule has 0 heterocycles. The van der Waals surface area contributed by atoms with Crippen LogP contribution in [0.3, 0.4) is 0 Å². The Hall–Kier alpha value is -2.91. The van der Waals surface area contributed by atoms with Gasteiger partial charge in [0.05, 0.1) is 16.1 Å². The number of rotatable bonds is 7. The predicted molar refractivity (Wildman–Crippen MR) is 108 cm³/mol. The Morgan fingerprint density at radius 3 is 2.11 bits per heavy atom. The summed E-state index contributed by atoms with van der Waals surface area (Å²) in [6.45, 7) is 5.78. The number of nitrogens with zero attached hydrogens (tertiary/aromatic N) is 2. The summed E-state index contributed by atoms with van der Waals surface area (Å²) in [5, 5.41) is 0. The molecule has 150 valence electrons. The summed E-state index contributed by atoms with van der Waals surface area (Å²) >= 11 is 0. The number of nitrogens with two attached hydrogens (primary N) is 2. The average Bonchev–Trinajstić information content (AvgIpc) is 2.62. The van der Waals surface area contributed by atoms with Gasteiger partial charge in [-0.1, -0.05) is 6.92 Å². The molecule has 8 nitrogen and oxygen atoms in total. The summed E-state index contributed by atoms with van der Waals surface area (Å²) in [5.41, 5.74) is 11.4. The quantitative estimate of drug-likeness (QED) is 0.315. The Kier molecular flexibility index (Phi) is 6.76. The molecule has 0 amide bonds. The molecule has 0 aliphatic heterocycles. The molecular weight excluding hydrogens is 380 g/mol. The zero-order valence-electron chi connectivity index (χ0n) is 16.0. The van der Waals surface area contributed by atoms with Crippen molar-refractivity contribution in [2.75, 3.05) is 6.54 Å². The molecule has 0 saturated heterocycles. The molecule has 4 N–H and O–H groups in total.